The molecule has 3 rings (SSSR count). The second-order valence-electron chi connectivity index (χ2n) is 6.07. The van der Waals surface area contributed by atoms with Crippen LogP contribution in [0.2, 0.25) is 0 Å². The molecule has 1 N–H and O–H groups in total. The zero-order valence-electron chi connectivity index (χ0n) is 14.8. The molecule has 9 heteroatoms. The highest BCUT2D eigenvalue weighted by atomic mass is 79.9. The molecule has 1 aromatic carbocycles. The molecule has 0 aliphatic carbocycles. The highest BCUT2D eigenvalue weighted by molar-refractivity contribution is 9.10. The van der Waals surface area contributed by atoms with Crippen LogP contribution in [0.4, 0.5) is 11.8 Å². The van der Waals surface area contributed by atoms with Crippen LogP contribution in [0.25, 0.3) is 0 Å². The summed E-state index contributed by atoms with van der Waals surface area (Å²) < 4.78 is 27.9. The highest BCUT2D eigenvalue weighted by Gasteiger charge is 2.29. The first-order valence-corrected chi connectivity index (χ1v) is 10.7. The van der Waals surface area contributed by atoms with E-state index in [1.807, 2.05) is 24.8 Å². The van der Waals surface area contributed by atoms with Crippen LogP contribution in [-0.2, 0) is 10.0 Å². The molecular formula is C17H22BrN5O2S. The second kappa shape index (κ2) is 7.89. The molecule has 1 aliphatic heterocycles. The predicted octanol–water partition coefficient (Wildman–Crippen LogP) is 2.49. The third-order valence-corrected chi connectivity index (χ3v) is 6.61. The monoisotopic (exact) mass is 439 g/mol. The summed E-state index contributed by atoms with van der Waals surface area (Å²) in [6.07, 6.45) is 0. The van der Waals surface area contributed by atoms with Gasteiger partial charge in [0.15, 0.2) is 0 Å². The minimum atomic E-state index is -3.48. The van der Waals surface area contributed by atoms with E-state index in [2.05, 4.69) is 31.2 Å². The molecule has 0 amide bonds. The number of nitrogens with zero attached hydrogens (tertiary/aromatic N) is 4. The van der Waals surface area contributed by atoms with Gasteiger partial charge in [0.2, 0.25) is 16.0 Å². The van der Waals surface area contributed by atoms with Gasteiger partial charge in [-0.25, -0.2) is 13.4 Å². The molecule has 0 saturated carbocycles. The molecule has 0 bridgehead atoms. The number of benzene rings is 1. The summed E-state index contributed by atoms with van der Waals surface area (Å²) in [5.74, 6) is 1.43. The molecule has 26 heavy (non-hydrogen) atoms. The maximum Gasteiger partial charge on any atom is 0.243 e. The van der Waals surface area contributed by atoms with Gasteiger partial charge in [0, 0.05) is 49.0 Å². The summed E-state index contributed by atoms with van der Waals surface area (Å²) in [6, 6.07) is 8.63. The standard InChI is InChI=1S/C17H22BrN5O2S/c1-3-19-16-12-13(2)20-17(21-16)22-8-10-23(11-9-22)26(24,25)15-6-4-14(18)5-7-15/h4-7,12H,3,8-11H2,1-2H3,(H,19,20,21). The van der Waals surface area contributed by atoms with Crippen molar-refractivity contribution in [2.45, 2.75) is 18.7 Å². The molecule has 1 aromatic heterocycles. The lowest BCUT2D eigenvalue weighted by molar-refractivity contribution is 0.382. The van der Waals surface area contributed by atoms with Gasteiger partial charge in [-0.1, -0.05) is 15.9 Å². The van der Waals surface area contributed by atoms with E-state index in [4.69, 9.17) is 0 Å². The molecule has 0 radical (unpaired) electrons. The largest absolute Gasteiger partial charge is 0.370 e. The summed E-state index contributed by atoms with van der Waals surface area (Å²) in [4.78, 5) is 11.4. The Morgan fingerprint density at radius 1 is 1.12 bits per heavy atom. The number of aryl methyl sites for hydroxylation is 1. The SMILES string of the molecule is CCNc1cc(C)nc(N2CCN(S(=O)(=O)c3ccc(Br)cc3)CC2)n1. The van der Waals surface area contributed by atoms with Gasteiger partial charge >= 0.3 is 0 Å². The molecule has 140 valence electrons. The second-order valence-corrected chi connectivity index (χ2v) is 8.92. The van der Waals surface area contributed by atoms with Crippen LogP contribution in [0.15, 0.2) is 39.7 Å². The summed E-state index contributed by atoms with van der Waals surface area (Å²) in [6.45, 7) is 6.67. The van der Waals surface area contributed by atoms with Crippen molar-refractivity contribution in [2.24, 2.45) is 0 Å². The third kappa shape index (κ3) is 4.16. The first kappa shape index (κ1) is 19.1. The lowest BCUT2D eigenvalue weighted by atomic mass is 10.3. The van der Waals surface area contributed by atoms with E-state index in [1.165, 1.54) is 4.31 Å². The maximum absolute atomic E-state index is 12.8. The first-order chi connectivity index (χ1) is 12.4. The van der Waals surface area contributed by atoms with E-state index in [9.17, 15) is 8.42 Å². The lowest BCUT2D eigenvalue weighted by Crippen LogP contribution is -2.49. The summed E-state index contributed by atoms with van der Waals surface area (Å²) in [5.41, 5.74) is 0.885. The fraction of sp³-hybridized carbons (Fsp3) is 0.412. The fourth-order valence-electron chi connectivity index (χ4n) is 2.85. The Labute approximate surface area is 162 Å². The summed E-state index contributed by atoms with van der Waals surface area (Å²) >= 11 is 3.33. The Kier molecular flexibility index (Phi) is 5.79. The van der Waals surface area contributed by atoms with Crippen LogP contribution in [0.5, 0.6) is 0 Å². The zero-order chi connectivity index (χ0) is 18.7. The van der Waals surface area contributed by atoms with Crippen molar-refractivity contribution < 1.29 is 8.42 Å². The normalized spacial score (nSPS) is 15.9. The number of hydrogen-bond donors (Lipinski definition) is 1. The van der Waals surface area contributed by atoms with Gasteiger partial charge < -0.3 is 10.2 Å². The average Bonchev–Trinajstić information content (AvgIpc) is 2.62. The van der Waals surface area contributed by atoms with E-state index >= 15 is 0 Å². The van der Waals surface area contributed by atoms with E-state index in [0.717, 1.165) is 22.5 Å². The fourth-order valence-corrected chi connectivity index (χ4v) is 4.54. The zero-order valence-corrected chi connectivity index (χ0v) is 17.2. The Balaban J connectivity index is 1.72. The first-order valence-electron chi connectivity index (χ1n) is 8.50. The molecule has 1 aliphatic rings. The number of aromatic nitrogens is 2. The van der Waals surface area contributed by atoms with Gasteiger partial charge in [0.05, 0.1) is 4.90 Å². The lowest BCUT2D eigenvalue weighted by Gasteiger charge is -2.34. The van der Waals surface area contributed by atoms with Gasteiger partial charge in [0.1, 0.15) is 5.82 Å². The molecule has 2 heterocycles. The summed E-state index contributed by atoms with van der Waals surface area (Å²) in [7, 11) is -3.48. The molecule has 0 spiro atoms. The molecule has 1 saturated heterocycles. The Hall–Kier alpha value is -1.71. The van der Waals surface area contributed by atoms with Gasteiger partial charge in [-0.3, -0.25) is 0 Å². The third-order valence-electron chi connectivity index (χ3n) is 4.17. The maximum atomic E-state index is 12.8. The van der Waals surface area contributed by atoms with Crippen molar-refractivity contribution in [3.63, 3.8) is 0 Å². The van der Waals surface area contributed by atoms with Crippen molar-refractivity contribution >= 4 is 37.7 Å². The minimum Gasteiger partial charge on any atom is -0.370 e. The van der Waals surface area contributed by atoms with Crippen molar-refractivity contribution in [3.8, 4) is 0 Å². The number of hydrogen-bond acceptors (Lipinski definition) is 6. The molecule has 2 aromatic rings. The number of sulfonamides is 1. The van der Waals surface area contributed by atoms with Gasteiger partial charge in [-0.2, -0.15) is 9.29 Å². The quantitative estimate of drug-likeness (QED) is 0.770. The van der Waals surface area contributed by atoms with Crippen LogP contribution in [0.1, 0.15) is 12.6 Å². The number of rotatable bonds is 5. The van der Waals surface area contributed by atoms with Crippen LogP contribution in [-0.4, -0.2) is 55.4 Å². The molecule has 1 fully saturated rings. The van der Waals surface area contributed by atoms with Crippen LogP contribution >= 0.6 is 15.9 Å². The number of piperazine rings is 1. The van der Waals surface area contributed by atoms with Gasteiger partial charge in [-0.15, -0.1) is 0 Å². The summed E-state index contributed by atoms with van der Waals surface area (Å²) in [5, 5.41) is 3.20. The average molecular weight is 440 g/mol. The van der Waals surface area contributed by atoms with E-state index < -0.39 is 10.0 Å². The molecule has 0 unspecified atom stereocenters. The Bertz CT molecular complexity index is 865. The molecule has 7 nitrogen and oxygen atoms in total. The Morgan fingerprint density at radius 2 is 1.77 bits per heavy atom. The number of halogens is 1. The predicted molar refractivity (Wildman–Crippen MR) is 106 cm³/mol. The van der Waals surface area contributed by atoms with E-state index in [0.29, 0.717) is 37.0 Å². The Morgan fingerprint density at radius 3 is 2.38 bits per heavy atom. The van der Waals surface area contributed by atoms with Crippen LogP contribution < -0.4 is 10.2 Å². The smallest absolute Gasteiger partial charge is 0.243 e. The van der Waals surface area contributed by atoms with Crippen LogP contribution in [0, 0.1) is 6.92 Å². The highest BCUT2D eigenvalue weighted by Crippen LogP contribution is 2.22. The number of nitrogens with one attached hydrogen (secondary N) is 1. The topological polar surface area (TPSA) is 78.4 Å². The van der Waals surface area contributed by atoms with Gasteiger partial charge in [-0.05, 0) is 38.1 Å². The molecular weight excluding hydrogens is 418 g/mol. The van der Waals surface area contributed by atoms with Crippen LogP contribution in [0.3, 0.4) is 0 Å². The van der Waals surface area contributed by atoms with Crippen molar-refractivity contribution in [1.82, 2.24) is 14.3 Å². The van der Waals surface area contributed by atoms with Crippen molar-refractivity contribution in [1.29, 1.82) is 0 Å². The molecule has 0 atom stereocenters. The van der Waals surface area contributed by atoms with E-state index in [1.54, 1.807) is 24.3 Å². The van der Waals surface area contributed by atoms with Crippen molar-refractivity contribution in [3.05, 3.63) is 40.5 Å². The van der Waals surface area contributed by atoms with Gasteiger partial charge in [0.25, 0.3) is 0 Å². The van der Waals surface area contributed by atoms with Crippen molar-refractivity contribution in [2.75, 3.05) is 42.9 Å². The minimum absolute atomic E-state index is 0.315. The number of anilines is 2. The van der Waals surface area contributed by atoms with E-state index in [-0.39, 0.29) is 0 Å².